The van der Waals surface area contributed by atoms with Gasteiger partial charge in [0.05, 0.1) is 11.4 Å². The first-order valence-corrected chi connectivity index (χ1v) is 10.5. The number of rotatable bonds is 7. The number of sulfonamides is 1. The number of hydrogen-bond donors (Lipinski definition) is 1. The van der Waals surface area contributed by atoms with E-state index in [1.807, 2.05) is 32.0 Å². The van der Waals surface area contributed by atoms with Gasteiger partial charge < -0.3 is 5.32 Å². The highest BCUT2D eigenvalue weighted by Crippen LogP contribution is 2.24. The summed E-state index contributed by atoms with van der Waals surface area (Å²) in [7, 11) is -3.63. The number of para-hydroxylation sites is 1. The first-order valence-electron chi connectivity index (χ1n) is 9.03. The van der Waals surface area contributed by atoms with Crippen LogP contribution in [-0.2, 0) is 21.4 Å². The van der Waals surface area contributed by atoms with Crippen molar-refractivity contribution in [3.63, 3.8) is 0 Å². The highest BCUT2D eigenvalue weighted by Gasteiger charge is 2.29. The molecule has 148 valence electrons. The Balaban J connectivity index is 2.30. The lowest BCUT2D eigenvalue weighted by atomic mass is 10.1. The summed E-state index contributed by atoms with van der Waals surface area (Å²) < 4.78 is 28.6. The smallest absolute Gasteiger partial charge is 0.246 e. The van der Waals surface area contributed by atoms with E-state index in [-0.39, 0.29) is 17.3 Å². The van der Waals surface area contributed by atoms with Gasteiger partial charge in [0.25, 0.3) is 0 Å². The lowest BCUT2D eigenvalue weighted by molar-refractivity contribution is -0.117. The van der Waals surface area contributed by atoms with Crippen molar-refractivity contribution in [2.75, 3.05) is 18.4 Å². The third-order valence-electron chi connectivity index (χ3n) is 4.66. The Labute approximate surface area is 161 Å². The summed E-state index contributed by atoms with van der Waals surface area (Å²) in [5, 5.41) is 7.21. The van der Waals surface area contributed by atoms with Crippen LogP contribution in [0.5, 0.6) is 0 Å². The molecule has 1 aromatic carbocycles. The summed E-state index contributed by atoms with van der Waals surface area (Å²) in [6.07, 6.45) is 0. The van der Waals surface area contributed by atoms with Crippen LogP contribution in [0.15, 0.2) is 23.1 Å². The van der Waals surface area contributed by atoms with Crippen LogP contribution < -0.4 is 5.32 Å². The SMILES string of the molecule is CCN(CC)S(=O)(=O)c1c(C)nn(CC(=O)Nc2c(C)cccc2C)c1C. The number of hydrogen-bond acceptors (Lipinski definition) is 4. The summed E-state index contributed by atoms with van der Waals surface area (Å²) in [4.78, 5) is 12.7. The largest absolute Gasteiger partial charge is 0.324 e. The molecule has 0 bridgehead atoms. The second-order valence-corrected chi connectivity index (χ2v) is 8.44. The molecular formula is C19H28N4O3S. The van der Waals surface area contributed by atoms with E-state index in [1.165, 1.54) is 8.99 Å². The molecule has 0 aliphatic heterocycles. The second kappa shape index (κ2) is 8.22. The molecule has 0 saturated heterocycles. The van der Waals surface area contributed by atoms with Gasteiger partial charge in [-0.25, -0.2) is 8.42 Å². The maximum Gasteiger partial charge on any atom is 0.246 e. The summed E-state index contributed by atoms with van der Waals surface area (Å²) >= 11 is 0. The van der Waals surface area contributed by atoms with Crippen molar-refractivity contribution in [2.45, 2.75) is 53.0 Å². The van der Waals surface area contributed by atoms with Gasteiger partial charge in [-0.3, -0.25) is 9.48 Å². The van der Waals surface area contributed by atoms with Crippen LogP contribution in [0.2, 0.25) is 0 Å². The molecule has 7 nitrogen and oxygen atoms in total. The van der Waals surface area contributed by atoms with Gasteiger partial charge >= 0.3 is 0 Å². The van der Waals surface area contributed by atoms with E-state index in [0.29, 0.717) is 24.5 Å². The van der Waals surface area contributed by atoms with E-state index in [0.717, 1.165) is 16.8 Å². The van der Waals surface area contributed by atoms with Crippen molar-refractivity contribution >= 4 is 21.6 Å². The Morgan fingerprint density at radius 3 is 2.19 bits per heavy atom. The number of benzene rings is 1. The molecule has 1 N–H and O–H groups in total. The standard InChI is InChI=1S/C19H28N4O3S/c1-7-22(8-2)27(25,26)19-15(5)21-23(16(19)6)12-17(24)20-18-13(3)10-9-11-14(18)4/h9-11H,7-8,12H2,1-6H3,(H,20,24). The normalized spacial score (nSPS) is 11.8. The van der Waals surface area contributed by atoms with Gasteiger partial charge in [0, 0.05) is 18.8 Å². The summed E-state index contributed by atoms with van der Waals surface area (Å²) in [6, 6.07) is 5.80. The van der Waals surface area contributed by atoms with Gasteiger partial charge in [0.1, 0.15) is 11.4 Å². The lowest BCUT2D eigenvalue weighted by Gasteiger charge is -2.18. The Morgan fingerprint density at radius 1 is 1.11 bits per heavy atom. The molecule has 0 radical (unpaired) electrons. The van der Waals surface area contributed by atoms with Crippen molar-refractivity contribution in [2.24, 2.45) is 0 Å². The monoisotopic (exact) mass is 392 g/mol. The van der Waals surface area contributed by atoms with Gasteiger partial charge in [-0.15, -0.1) is 0 Å². The number of carbonyl (C=O) groups excluding carboxylic acids is 1. The molecule has 0 saturated carbocycles. The molecule has 0 aliphatic rings. The van der Waals surface area contributed by atoms with E-state index in [4.69, 9.17) is 0 Å². The van der Waals surface area contributed by atoms with Crippen LogP contribution in [0.1, 0.15) is 36.4 Å². The van der Waals surface area contributed by atoms with Gasteiger partial charge in [-0.2, -0.15) is 9.40 Å². The van der Waals surface area contributed by atoms with Crippen LogP contribution in [-0.4, -0.2) is 41.5 Å². The molecule has 0 spiro atoms. The Kier molecular flexibility index (Phi) is 6.43. The van der Waals surface area contributed by atoms with Gasteiger partial charge in [-0.05, 0) is 38.8 Å². The molecule has 1 amide bonds. The minimum atomic E-state index is -3.63. The molecular weight excluding hydrogens is 364 g/mol. The molecule has 1 heterocycles. The first-order chi connectivity index (χ1) is 12.6. The Morgan fingerprint density at radius 2 is 1.67 bits per heavy atom. The first kappa shape index (κ1) is 21.1. The average molecular weight is 393 g/mol. The van der Waals surface area contributed by atoms with Crippen molar-refractivity contribution in [3.05, 3.63) is 40.7 Å². The molecule has 27 heavy (non-hydrogen) atoms. The molecule has 8 heteroatoms. The average Bonchev–Trinajstić information content (AvgIpc) is 2.86. The second-order valence-electron chi connectivity index (χ2n) is 6.56. The molecule has 2 aromatic rings. The van der Waals surface area contributed by atoms with Gasteiger partial charge in [0.2, 0.25) is 15.9 Å². The highest BCUT2D eigenvalue weighted by atomic mass is 32.2. The topological polar surface area (TPSA) is 84.3 Å². The van der Waals surface area contributed by atoms with Crippen LogP contribution in [0.25, 0.3) is 0 Å². The Bertz CT molecular complexity index is 924. The summed E-state index contributed by atoms with van der Waals surface area (Å²) in [5.41, 5.74) is 3.60. The van der Waals surface area contributed by atoms with E-state index in [2.05, 4.69) is 10.4 Å². The zero-order valence-corrected chi connectivity index (χ0v) is 17.6. The summed E-state index contributed by atoms with van der Waals surface area (Å²) in [6.45, 7) is 11.5. The number of anilines is 1. The zero-order valence-electron chi connectivity index (χ0n) is 16.8. The van der Waals surface area contributed by atoms with E-state index >= 15 is 0 Å². The predicted octanol–water partition coefficient (Wildman–Crippen LogP) is 2.79. The van der Waals surface area contributed by atoms with Crippen LogP contribution in [0.3, 0.4) is 0 Å². The number of nitrogens with one attached hydrogen (secondary N) is 1. The van der Waals surface area contributed by atoms with E-state index in [9.17, 15) is 13.2 Å². The molecule has 0 fully saturated rings. The van der Waals surface area contributed by atoms with Crippen LogP contribution in [0.4, 0.5) is 5.69 Å². The number of carbonyl (C=O) groups is 1. The maximum atomic E-state index is 12.9. The molecule has 0 aliphatic carbocycles. The third kappa shape index (κ3) is 4.22. The maximum absolute atomic E-state index is 12.9. The van der Waals surface area contributed by atoms with Crippen LogP contribution in [0, 0.1) is 27.7 Å². The fourth-order valence-corrected chi connectivity index (χ4v) is 5.06. The van der Waals surface area contributed by atoms with E-state index < -0.39 is 10.0 Å². The van der Waals surface area contributed by atoms with Gasteiger partial charge in [-0.1, -0.05) is 32.0 Å². The predicted molar refractivity (Wildman–Crippen MR) is 106 cm³/mol. The van der Waals surface area contributed by atoms with E-state index in [1.54, 1.807) is 27.7 Å². The van der Waals surface area contributed by atoms with Crippen molar-refractivity contribution in [1.82, 2.24) is 14.1 Å². The van der Waals surface area contributed by atoms with Crippen molar-refractivity contribution in [1.29, 1.82) is 0 Å². The molecule has 0 unspecified atom stereocenters. The van der Waals surface area contributed by atoms with Crippen molar-refractivity contribution < 1.29 is 13.2 Å². The fourth-order valence-electron chi connectivity index (χ4n) is 3.23. The lowest BCUT2D eigenvalue weighted by Crippen LogP contribution is -2.31. The molecule has 0 atom stereocenters. The highest BCUT2D eigenvalue weighted by molar-refractivity contribution is 7.89. The van der Waals surface area contributed by atoms with Crippen molar-refractivity contribution in [3.8, 4) is 0 Å². The minimum absolute atomic E-state index is 0.0474. The number of aryl methyl sites for hydroxylation is 3. The number of aromatic nitrogens is 2. The zero-order chi connectivity index (χ0) is 20.4. The number of amides is 1. The van der Waals surface area contributed by atoms with Gasteiger partial charge in [0.15, 0.2) is 0 Å². The fraction of sp³-hybridized carbons (Fsp3) is 0.474. The van der Waals surface area contributed by atoms with Crippen LogP contribution >= 0.6 is 0 Å². The Hall–Kier alpha value is -2.19. The quantitative estimate of drug-likeness (QED) is 0.785. The number of nitrogens with zero attached hydrogens (tertiary/aromatic N) is 3. The third-order valence-corrected chi connectivity index (χ3v) is 6.96. The molecule has 1 aromatic heterocycles. The minimum Gasteiger partial charge on any atom is -0.324 e. The molecule has 2 rings (SSSR count). The summed E-state index contributed by atoms with van der Waals surface area (Å²) in [5.74, 6) is -0.246.